The highest BCUT2D eigenvalue weighted by Gasteiger charge is 2.16. The fourth-order valence-corrected chi connectivity index (χ4v) is 4.52. The van der Waals surface area contributed by atoms with Crippen LogP contribution in [0.25, 0.3) is 0 Å². The zero-order valence-electron chi connectivity index (χ0n) is 21.3. The van der Waals surface area contributed by atoms with E-state index in [0.717, 1.165) is 39.7 Å². The van der Waals surface area contributed by atoms with Crippen LogP contribution >= 0.6 is 0 Å². The van der Waals surface area contributed by atoms with Gasteiger partial charge in [-0.1, -0.05) is 73.2 Å². The molecule has 1 unspecified atom stereocenters. The molecule has 0 saturated heterocycles. The quantitative estimate of drug-likeness (QED) is 0.224. The van der Waals surface area contributed by atoms with E-state index in [1.54, 1.807) is 0 Å². The van der Waals surface area contributed by atoms with Crippen molar-refractivity contribution in [2.75, 3.05) is 9.80 Å². The van der Waals surface area contributed by atoms with E-state index in [4.69, 9.17) is 5.41 Å². The van der Waals surface area contributed by atoms with E-state index in [2.05, 4.69) is 138 Å². The summed E-state index contributed by atoms with van der Waals surface area (Å²) < 4.78 is 0. The van der Waals surface area contributed by atoms with Crippen LogP contribution in [0.3, 0.4) is 0 Å². The maximum absolute atomic E-state index is 7.60. The van der Waals surface area contributed by atoms with Crippen LogP contribution in [-0.2, 0) is 0 Å². The number of nitrogens with one attached hydrogen (secondary N) is 1. The minimum absolute atomic E-state index is 0.101. The number of benzene rings is 5. The Morgan fingerprint density at radius 3 is 1.19 bits per heavy atom. The van der Waals surface area contributed by atoms with Crippen molar-refractivity contribution in [2.45, 2.75) is 19.8 Å². The molecule has 0 aliphatic rings. The molecule has 37 heavy (non-hydrogen) atoms. The summed E-state index contributed by atoms with van der Waals surface area (Å²) in [5.74, 6) is 0.101. The number of aryl methyl sites for hydroxylation is 1. The molecule has 3 nitrogen and oxygen atoms in total. The molecule has 0 amide bonds. The summed E-state index contributed by atoms with van der Waals surface area (Å²) in [4.78, 5) is 4.55. The average molecular weight is 482 g/mol. The van der Waals surface area contributed by atoms with Crippen LogP contribution in [0.4, 0.5) is 34.1 Å². The van der Waals surface area contributed by atoms with Gasteiger partial charge in [-0.15, -0.1) is 0 Å². The summed E-state index contributed by atoms with van der Waals surface area (Å²) in [6.07, 6.45) is 1.48. The van der Waals surface area contributed by atoms with Gasteiger partial charge in [0.05, 0.1) is 0 Å². The van der Waals surface area contributed by atoms with Crippen LogP contribution in [0.1, 0.15) is 24.0 Å². The molecule has 182 valence electrons. The molecule has 0 aliphatic carbocycles. The second-order valence-corrected chi connectivity index (χ2v) is 9.24. The maximum Gasteiger partial charge on any atom is 0.0463 e. The van der Waals surface area contributed by atoms with Crippen molar-refractivity contribution >= 4 is 40.3 Å². The Labute approximate surface area is 219 Å². The smallest absolute Gasteiger partial charge is 0.0463 e. The van der Waals surface area contributed by atoms with Crippen molar-refractivity contribution in [1.82, 2.24) is 0 Å². The van der Waals surface area contributed by atoms with Crippen molar-refractivity contribution in [3.8, 4) is 0 Å². The largest absolute Gasteiger partial charge is 0.312 e. The number of anilines is 6. The van der Waals surface area contributed by atoms with Crippen molar-refractivity contribution in [2.24, 2.45) is 0 Å². The highest BCUT2D eigenvalue weighted by Crippen LogP contribution is 2.39. The van der Waals surface area contributed by atoms with Gasteiger partial charge in [-0.05, 0) is 85.3 Å². The van der Waals surface area contributed by atoms with Gasteiger partial charge in [-0.25, -0.2) is 0 Å². The zero-order valence-corrected chi connectivity index (χ0v) is 21.3. The zero-order chi connectivity index (χ0) is 25.6. The molecule has 5 rings (SSSR count). The summed E-state index contributed by atoms with van der Waals surface area (Å²) >= 11 is 0. The highest BCUT2D eigenvalue weighted by atomic mass is 15.2. The van der Waals surface area contributed by atoms with Crippen LogP contribution in [0.15, 0.2) is 133 Å². The Bertz CT molecular complexity index is 1430. The van der Waals surface area contributed by atoms with Crippen LogP contribution in [0, 0.1) is 12.3 Å². The predicted molar refractivity (Wildman–Crippen MR) is 158 cm³/mol. The van der Waals surface area contributed by atoms with Crippen LogP contribution < -0.4 is 9.80 Å². The van der Waals surface area contributed by atoms with Gasteiger partial charge in [-0.3, -0.25) is 0 Å². The molecule has 0 saturated carbocycles. The third kappa shape index (κ3) is 5.31. The van der Waals surface area contributed by atoms with Crippen molar-refractivity contribution < 1.29 is 0 Å². The topological polar surface area (TPSA) is 30.3 Å². The fraction of sp³-hybridized carbons (Fsp3) is 0.0882. The second-order valence-electron chi connectivity index (χ2n) is 9.24. The van der Waals surface area contributed by atoms with Crippen molar-refractivity contribution in [3.05, 3.63) is 145 Å². The first-order valence-corrected chi connectivity index (χ1v) is 12.6. The molecule has 0 bridgehead atoms. The maximum atomic E-state index is 7.60. The Balaban J connectivity index is 1.55. The lowest BCUT2D eigenvalue weighted by molar-refractivity contribution is 1.03. The van der Waals surface area contributed by atoms with Gasteiger partial charge in [0.2, 0.25) is 0 Å². The molecule has 1 atom stereocenters. The first-order valence-electron chi connectivity index (χ1n) is 12.6. The minimum Gasteiger partial charge on any atom is -0.312 e. The summed E-state index contributed by atoms with van der Waals surface area (Å²) in [5.41, 5.74) is 8.99. The summed E-state index contributed by atoms with van der Waals surface area (Å²) in [6, 6.07) is 46.8. The monoisotopic (exact) mass is 481 g/mol. The van der Waals surface area contributed by atoms with Gasteiger partial charge in [0.25, 0.3) is 0 Å². The van der Waals surface area contributed by atoms with Crippen LogP contribution in [-0.4, -0.2) is 6.21 Å². The predicted octanol–water partition coefficient (Wildman–Crippen LogP) is 9.69. The molecule has 1 N–H and O–H groups in total. The standard InChI is InChI=1S/C34H31N3/c1-26-13-17-31(18-14-26)36(29-9-5-3-6-10-29)33-21-23-34(24-22-33)37(30-11-7-4-8-12-30)32-19-15-28(16-20-32)27(2)25-35/h3-25,27,35H,1-2H3. The van der Waals surface area contributed by atoms with Gasteiger partial charge in [-0.2, -0.15) is 0 Å². The lowest BCUT2D eigenvalue weighted by Gasteiger charge is -2.28. The molecule has 3 heteroatoms. The number of hydrogen-bond donors (Lipinski definition) is 1. The van der Waals surface area contributed by atoms with E-state index >= 15 is 0 Å². The Kier molecular flexibility index (Phi) is 7.14. The van der Waals surface area contributed by atoms with Crippen LogP contribution in [0.2, 0.25) is 0 Å². The first-order chi connectivity index (χ1) is 18.1. The molecule has 0 aliphatic heterocycles. The number of rotatable bonds is 8. The normalized spacial score (nSPS) is 11.5. The summed E-state index contributed by atoms with van der Waals surface area (Å²) in [7, 11) is 0. The van der Waals surface area contributed by atoms with Gasteiger partial charge in [0.1, 0.15) is 0 Å². The van der Waals surface area contributed by atoms with E-state index in [1.807, 2.05) is 19.1 Å². The van der Waals surface area contributed by atoms with E-state index in [1.165, 1.54) is 11.8 Å². The van der Waals surface area contributed by atoms with E-state index in [-0.39, 0.29) is 5.92 Å². The molecule has 5 aromatic rings. The van der Waals surface area contributed by atoms with Gasteiger partial charge in [0.15, 0.2) is 0 Å². The molecule has 0 aromatic heterocycles. The lowest BCUT2D eigenvalue weighted by atomic mass is 10.0. The first kappa shape index (κ1) is 24.1. The number of nitrogens with zero attached hydrogens (tertiary/aromatic N) is 2. The Morgan fingerprint density at radius 2 is 0.811 bits per heavy atom. The summed E-state index contributed by atoms with van der Waals surface area (Å²) in [5, 5.41) is 7.60. The SMILES string of the molecule is Cc1ccc(N(c2ccccc2)c2ccc(N(c3ccccc3)c3ccc(C(C)C=N)cc3)cc2)cc1. The fourth-order valence-electron chi connectivity index (χ4n) is 4.52. The van der Waals surface area contributed by atoms with Crippen LogP contribution in [0.5, 0.6) is 0 Å². The molecular weight excluding hydrogens is 450 g/mol. The molecule has 0 radical (unpaired) electrons. The Morgan fingerprint density at radius 1 is 0.486 bits per heavy atom. The number of hydrogen-bond acceptors (Lipinski definition) is 3. The van der Waals surface area contributed by atoms with Crippen molar-refractivity contribution in [1.29, 1.82) is 5.41 Å². The average Bonchev–Trinajstić information content (AvgIpc) is 2.96. The third-order valence-electron chi connectivity index (χ3n) is 6.61. The lowest BCUT2D eigenvalue weighted by Crippen LogP contribution is -2.12. The molecule has 0 fully saturated rings. The highest BCUT2D eigenvalue weighted by molar-refractivity contribution is 5.81. The number of para-hydroxylation sites is 2. The van der Waals surface area contributed by atoms with Gasteiger partial charge < -0.3 is 15.2 Å². The molecule has 0 spiro atoms. The van der Waals surface area contributed by atoms with E-state index in [0.29, 0.717) is 0 Å². The third-order valence-corrected chi connectivity index (χ3v) is 6.61. The second kappa shape index (κ2) is 11.0. The van der Waals surface area contributed by atoms with E-state index < -0.39 is 0 Å². The minimum atomic E-state index is 0.101. The molecular formula is C34H31N3. The van der Waals surface area contributed by atoms with Crippen molar-refractivity contribution in [3.63, 3.8) is 0 Å². The molecule has 0 heterocycles. The van der Waals surface area contributed by atoms with Gasteiger partial charge >= 0.3 is 0 Å². The molecule has 5 aromatic carbocycles. The van der Waals surface area contributed by atoms with Gasteiger partial charge in [0, 0.05) is 46.3 Å². The summed E-state index contributed by atoms with van der Waals surface area (Å²) in [6.45, 7) is 4.16. The van der Waals surface area contributed by atoms with E-state index in [9.17, 15) is 0 Å². The Hall–Kier alpha value is -4.63.